The third-order valence-electron chi connectivity index (χ3n) is 9.92. The lowest BCUT2D eigenvalue weighted by molar-refractivity contribution is 0.477. The summed E-state index contributed by atoms with van der Waals surface area (Å²) < 4.78 is 6.26. The minimum atomic E-state index is 0.736. The Morgan fingerprint density at radius 3 is 1.72 bits per heavy atom. The van der Waals surface area contributed by atoms with E-state index in [1.807, 2.05) is 48.5 Å². The molecule has 0 atom stereocenters. The van der Waals surface area contributed by atoms with Crippen LogP contribution in [0.3, 0.4) is 0 Å². The zero-order chi connectivity index (χ0) is 33.0. The molecule has 0 saturated heterocycles. The van der Waals surface area contributed by atoms with E-state index in [1.54, 1.807) is 0 Å². The largest absolute Gasteiger partial charge is 0.453 e. The molecule has 7 aromatic carbocycles. The van der Waals surface area contributed by atoms with E-state index >= 15 is 0 Å². The monoisotopic (exact) mass is 641 g/mol. The molecule has 236 valence electrons. The van der Waals surface area contributed by atoms with Gasteiger partial charge in [-0.3, -0.25) is 0 Å². The molecule has 4 heteroatoms. The maximum Gasteiger partial charge on any atom is 0.160 e. The predicted octanol–water partition coefficient (Wildman–Crippen LogP) is 11.7. The van der Waals surface area contributed by atoms with Crippen LogP contribution < -0.4 is 9.64 Å². The lowest BCUT2D eigenvalue weighted by Gasteiger charge is -2.33. The van der Waals surface area contributed by atoms with Crippen molar-refractivity contribution in [2.45, 2.75) is 12.8 Å². The zero-order valence-electron chi connectivity index (χ0n) is 27.3. The van der Waals surface area contributed by atoms with Crippen molar-refractivity contribution in [1.82, 2.24) is 9.97 Å². The number of para-hydroxylation sites is 4. The molecule has 50 heavy (non-hydrogen) atoms. The highest BCUT2D eigenvalue weighted by molar-refractivity contribution is 5.93. The molecule has 1 aliphatic heterocycles. The Balaban J connectivity index is 1.01. The predicted molar refractivity (Wildman–Crippen MR) is 203 cm³/mol. The second-order valence-electron chi connectivity index (χ2n) is 13.1. The van der Waals surface area contributed by atoms with Crippen molar-refractivity contribution in [3.8, 4) is 45.4 Å². The topological polar surface area (TPSA) is 38.2 Å². The number of ether oxygens (including phenoxy) is 1. The van der Waals surface area contributed by atoms with E-state index in [1.165, 1.54) is 33.0 Å². The van der Waals surface area contributed by atoms with Gasteiger partial charge in [0.1, 0.15) is 0 Å². The number of nitrogens with zero attached hydrogens (tertiary/aromatic N) is 3. The summed E-state index contributed by atoms with van der Waals surface area (Å²) in [5.74, 6) is 2.46. The van der Waals surface area contributed by atoms with Gasteiger partial charge in [-0.05, 0) is 94.4 Å². The van der Waals surface area contributed by atoms with Crippen molar-refractivity contribution in [1.29, 1.82) is 0 Å². The molecule has 10 rings (SSSR count). The molecule has 0 saturated carbocycles. The molecule has 8 aromatic rings. The Morgan fingerprint density at radius 1 is 0.420 bits per heavy atom. The number of rotatable bonds is 4. The molecule has 1 aromatic heterocycles. The molecule has 0 bridgehead atoms. The average Bonchev–Trinajstić information content (AvgIpc) is 3.18. The van der Waals surface area contributed by atoms with Crippen LogP contribution in [-0.2, 0) is 12.8 Å². The first kappa shape index (κ1) is 28.5. The lowest BCUT2D eigenvalue weighted by Crippen LogP contribution is -2.15. The average molecular weight is 642 g/mol. The highest BCUT2D eigenvalue weighted by Gasteiger charge is 2.26. The summed E-state index contributed by atoms with van der Waals surface area (Å²) in [5, 5.41) is 2.49. The number of hydrogen-bond acceptors (Lipinski definition) is 4. The van der Waals surface area contributed by atoms with Gasteiger partial charge in [-0.2, -0.15) is 0 Å². The van der Waals surface area contributed by atoms with Crippen molar-refractivity contribution < 1.29 is 4.74 Å². The molecule has 0 unspecified atom stereocenters. The molecule has 0 fully saturated rings. The Kier molecular flexibility index (Phi) is 6.59. The minimum Gasteiger partial charge on any atom is -0.453 e. The van der Waals surface area contributed by atoms with E-state index in [0.717, 1.165) is 75.3 Å². The fraction of sp³-hybridized carbons (Fsp3) is 0.0435. The van der Waals surface area contributed by atoms with Crippen molar-refractivity contribution >= 4 is 27.8 Å². The summed E-state index contributed by atoms with van der Waals surface area (Å²) in [4.78, 5) is 12.4. The number of hydrogen-bond donors (Lipinski definition) is 0. The first-order valence-corrected chi connectivity index (χ1v) is 17.1. The molecule has 2 heterocycles. The maximum absolute atomic E-state index is 6.26. The molecule has 0 N–H and O–H groups in total. The molecular weight excluding hydrogens is 611 g/mol. The first-order chi connectivity index (χ1) is 24.7. The van der Waals surface area contributed by atoms with E-state index in [2.05, 4.69) is 120 Å². The lowest BCUT2D eigenvalue weighted by atomic mass is 9.83. The summed E-state index contributed by atoms with van der Waals surface area (Å²) in [5.41, 5.74) is 13.8. The Hall–Kier alpha value is -6.52. The second kappa shape index (κ2) is 11.6. The summed E-state index contributed by atoms with van der Waals surface area (Å²) >= 11 is 0. The van der Waals surface area contributed by atoms with Gasteiger partial charge in [0.05, 0.1) is 22.8 Å². The standard InChI is InChI=1S/C46H31N3O/c1-3-11-30(12-4-1)40-29-41(48-46(47-40)31-13-5-2-6-14-31)34-20-19-32-23-37-27-38-28-39(22-21-33(38)24-36(37)26-35(32)25-34)49-42-15-7-9-17-44(42)50-45-18-10-8-16-43(45)49/h1-22,24-25,27-29H,23,26H2. The number of anilines is 3. The highest BCUT2D eigenvalue weighted by atomic mass is 16.5. The summed E-state index contributed by atoms with van der Waals surface area (Å²) in [6, 6.07) is 57.7. The first-order valence-electron chi connectivity index (χ1n) is 17.1. The van der Waals surface area contributed by atoms with Crippen LogP contribution in [0, 0.1) is 0 Å². The Bertz CT molecular complexity index is 2480. The van der Waals surface area contributed by atoms with E-state index < -0.39 is 0 Å². The van der Waals surface area contributed by atoms with Crippen molar-refractivity contribution in [2.24, 2.45) is 0 Å². The maximum atomic E-state index is 6.26. The van der Waals surface area contributed by atoms with Crippen molar-refractivity contribution in [3.05, 3.63) is 186 Å². The van der Waals surface area contributed by atoms with Crippen LogP contribution in [0.25, 0.3) is 44.7 Å². The van der Waals surface area contributed by atoms with Gasteiger partial charge in [-0.25, -0.2) is 9.97 Å². The third kappa shape index (κ3) is 4.92. The van der Waals surface area contributed by atoms with Crippen LogP contribution in [0.4, 0.5) is 17.1 Å². The van der Waals surface area contributed by atoms with Gasteiger partial charge in [0, 0.05) is 22.4 Å². The number of fused-ring (bicyclic) bond motifs is 5. The van der Waals surface area contributed by atoms with Crippen molar-refractivity contribution in [3.63, 3.8) is 0 Å². The van der Waals surface area contributed by atoms with E-state index in [4.69, 9.17) is 14.7 Å². The normalized spacial score (nSPS) is 12.8. The van der Waals surface area contributed by atoms with Gasteiger partial charge in [-0.15, -0.1) is 0 Å². The minimum absolute atomic E-state index is 0.736. The third-order valence-corrected chi connectivity index (χ3v) is 9.92. The van der Waals surface area contributed by atoms with Crippen molar-refractivity contribution in [2.75, 3.05) is 4.90 Å². The van der Waals surface area contributed by atoms with Crippen LogP contribution >= 0.6 is 0 Å². The highest BCUT2D eigenvalue weighted by Crippen LogP contribution is 2.50. The molecule has 2 aliphatic rings. The quantitative estimate of drug-likeness (QED) is 0.192. The molecule has 0 radical (unpaired) electrons. The van der Waals surface area contributed by atoms with Crippen LogP contribution in [-0.4, -0.2) is 9.97 Å². The van der Waals surface area contributed by atoms with Gasteiger partial charge in [-0.1, -0.05) is 115 Å². The van der Waals surface area contributed by atoms with Gasteiger partial charge < -0.3 is 9.64 Å². The Morgan fingerprint density at radius 2 is 1.00 bits per heavy atom. The van der Waals surface area contributed by atoms with Gasteiger partial charge in [0.25, 0.3) is 0 Å². The van der Waals surface area contributed by atoms with Crippen LogP contribution in [0.2, 0.25) is 0 Å². The smallest absolute Gasteiger partial charge is 0.160 e. The Labute approximate surface area is 290 Å². The fourth-order valence-electron chi connectivity index (χ4n) is 7.43. The number of aromatic nitrogens is 2. The van der Waals surface area contributed by atoms with E-state index in [9.17, 15) is 0 Å². The van der Waals surface area contributed by atoms with Crippen LogP contribution in [0.5, 0.6) is 11.5 Å². The van der Waals surface area contributed by atoms with E-state index in [-0.39, 0.29) is 0 Å². The summed E-state index contributed by atoms with van der Waals surface area (Å²) in [6.07, 6.45) is 1.80. The SMILES string of the molecule is c1ccc(-c2cc(-c3ccc4c(c3)Cc3cc5ccc(N6c7ccccc7Oc7ccccc76)cc5cc3C4)nc(-c3ccccc3)n2)cc1. The van der Waals surface area contributed by atoms with Crippen LogP contribution in [0.15, 0.2) is 164 Å². The summed E-state index contributed by atoms with van der Waals surface area (Å²) in [6.45, 7) is 0. The number of benzene rings is 7. The molecular formula is C46H31N3O. The zero-order valence-corrected chi connectivity index (χ0v) is 27.3. The summed E-state index contributed by atoms with van der Waals surface area (Å²) in [7, 11) is 0. The van der Waals surface area contributed by atoms with Crippen LogP contribution in [0.1, 0.15) is 22.3 Å². The molecule has 0 amide bonds. The van der Waals surface area contributed by atoms with Gasteiger partial charge in [0.2, 0.25) is 0 Å². The van der Waals surface area contributed by atoms with E-state index in [0.29, 0.717) is 0 Å². The molecule has 4 nitrogen and oxygen atoms in total. The molecule has 0 spiro atoms. The van der Waals surface area contributed by atoms with Gasteiger partial charge in [0.15, 0.2) is 17.3 Å². The molecule has 1 aliphatic carbocycles. The van der Waals surface area contributed by atoms with Gasteiger partial charge >= 0.3 is 0 Å². The fourth-order valence-corrected chi connectivity index (χ4v) is 7.43. The second-order valence-corrected chi connectivity index (χ2v) is 13.1.